The Kier molecular flexibility index (Phi) is 6.61. The summed E-state index contributed by atoms with van der Waals surface area (Å²) in [6, 6.07) is 5.12. The first-order valence-electron chi connectivity index (χ1n) is 7.86. The van der Waals surface area contributed by atoms with Crippen molar-refractivity contribution in [1.82, 2.24) is 10.2 Å². The maximum absolute atomic E-state index is 13.2. The van der Waals surface area contributed by atoms with Crippen molar-refractivity contribution < 1.29 is 9.13 Å². The zero-order valence-electron chi connectivity index (χ0n) is 13.2. The number of nitrogens with one attached hydrogen (secondary N) is 1. The van der Waals surface area contributed by atoms with Crippen LogP contribution >= 0.6 is 0 Å². The van der Waals surface area contributed by atoms with Crippen molar-refractivity contribution in [2.75, 3.05) is 39.9 Å². The Morgan fingerprint density at radius 3 is 3.05 bits per heavy atom. The maximum Gasteiger partial charge on any atom is 0.123 e. The highest BCUT2D eigenvalue weighted by molar-refractivity contribution is 5.26. The van der Waals surface area contributed by atoms with Gasteiger partial charge < -0.3 is 10.1 Å². The van der Waals surface area contributed by atoms with E-state index in [1.807, 2.05) is 13.0 Å². The molecule has 1 fully saturated rings. The maximum atomic E-state index is 13.2. The number of ether oxygens (including phenoxy) is 1. The summed E-state index contributed by atoms with van der Waals surface area (Å²) in [5, 5.41) is 3.46. The first-order chi connectivity index (χ1) is 10.2. The van der Waals surface area contributed by atoms with Gasteiger partial charge in [-0.3, -0.25) is 4.90 Å². The molecule has 1 saturated heterocycles. The molecule has 1 atom stereocenters. The lowest BCUT2D eigenvalue weighted by molar-refractivity contribution is 0.159. The van der Waals surface area contributed by atoms with Gasteiger partial charge in [-0.05, 0) is 62.0 Å². The second-order valence-electron chi connectivity index (χ2n) is 6.01. The molecule has 0 amide bonds. The average Bonchev–Trinajstić information content (AvgIpc) is 2.47. The van der Waals surface area contributed by atoms with E-state index >= 15 is 0 Å². The molecule has 1 aliphatic heterocycles. The van der Waals surface area contributed by atoms with Gasteiger partial charge in [0.05, 0.1) is 6.61 Å². The van der Waals surface area contributed by atoms with Crippen LogP contribution in [0.25, 0.3) is 0 Å². The van der Waals surface area contributed by atoms with Crippen LogP contribution in [0, 0.1) is 18.7 Å². The largest absolute Gasteiger partial charge is 0.383 e. The van der Waals surface area contributed by atoms with Crippen molar-refractivity contribution in [1.29, 1.82) is 0 Å². The van der Waals surface area contributed by atoms with Gasteiger partial charge in [0.15, 0.2) is 0 Å². The Hall–Kier alpha value is -0.970. The minimum Gasteiger partial charge on any atom is -0.383 e. The van der Waals surface area contributed by atoms with Crippen LogP contribution in [0.2, 0.25) is 0 Å². The highest BCUT2D eigenvalue weighted by atomic mass is 19.1. The van der Waals surface area contributed by atoms with Gasteiger partial charge in [-0.15, -0.1) is 0 Å². The van der Waals surface area contributed by atoms with Gasteiger partial charge in [0.2, 0.25) is 0 Å². The second-order valence-corrected chi connectivity index (χ2v) is 6.01. The number of piperidine rings is 1. The average molecular weight is 294 g/mol. The fraction of sp³-hybridized carbons (Fsp3) is 0.647. The quantitative estimate of drug-likeness (QED) is 0.782. The molecular weight excluding hydrogens is 267 g/mol. The molecule has 1 heterocycles. The molecule has 4 heteroatoms. The number of rotatable bonds is 7. The standard InChI is InChI=1S/C17H27FN2O/c1-14-10-17(18)6-5-16(14)13-20-8-3-4-15(12-20)11-19-7-9-21-2/h5-6,10,15,19H,3-4,7-9,11-13H2,1-2H3. The van der Waals surface area contributed by atoms with Gasteiger partial charge in [0.1, 0.15) is 5.82 Å². The van der Waals surface area contributed by atoms with Gasteiger partial charge in [0, 0.05) is 26.7 Å². The molecule has 0 saturated carbocycles. The van der Waals surface area contributed by atoms with E-state index in [1.165, 1.54) is 18.4 Å². The molecule has 0 radical (unpaired) electrons. The molecule has 1 N–H and O–H groups in total. The minimum absolute atomic E-state index is 0.143. The molecule has 1 aromatic carbocycles. The van der Waals surface area contributed by atoms with Crippen LogP contribution in [0.1, 0.15) is 24.0 Å². The summed E-state index contributed by atoms with van der Waals surface area (Å²) in [6.07, 6.45) is 2.54. The smallest absolute Gasteiger partial charge is 0.123 e. The lowest BCUT2D eigenvalue weighted by Crippen LogP contribution is -2.39. The van der Waals surface area contributed by atoms with Crippen LogP contribution in [0.15, 0.2) is 18.2 Å². The van der Waals surface area contributed by atoms with Crippen molar-refractivity contribution in [2.45, 2.75) is 26.3 Å². The zero-order chi connectivity index (χ0) is 15.1. The Labute approximate surface area is 127 Å². The number of benzene rings is 1. The Morgan fingerprint density at radius 2 is 2.29 bits per heavy atom. The van der Waals surface area contributed by atoms with Crippen LogP contribution < -0.4 is 5.32 Å². The summed E-state index contributed by atoms with van der Waals surface area (Å²) >= 11 is 0. The Balaban J connectivity index is 1.80. The van der Waals surface area contributed by atoms with Crippen LogP contribution in [0.3, 0.4) is 0 Å². The summed E-state index contributed by atoms with van der Waals surface area (Å²) < 4.78 is 18.2. The normalized spacial score (nSPS) is 19.9. The van der Waals surface area contributed by atoms with E-state index in [2.05, 4.69) is 10.2 Å². The Morgan fingerprint density at radius 1 is 1.43 bits per heavy atom. The summed E-state index contributed by atoms with van der Waals surface area (Å²) in [6.45, 7) is 7.94. The van der Waals surface area contributed by atoms with Crippen LogP contribution in [-0.2, 0) is 11.3 Å². The Bertz CT molecular complexity index is 439. The monoisotopic (exact) mass is 294 g/mol. The van der Waals surface area contributed by atoms with E-state index in [-0.39, 0.29) is 5.82 Å². The van der Waals surface area contributed by atoms with Gasteiger partial charge in [0.25, 0.3) is 0 Å². The third-order valence-corrected chi connectivity index (χ3v) is 4.22. The van der Waals surface area contributed by atoms with Crippen molar-refractivity contribution >= 4 is 0 Å². The third-order valence-electron chi connectivity index (χ3n) is 4.22. The van der Waals surface area contributed by atoms with Crippen molar-refractivity contribution in [3.05, 3.63) is 35.1 Å². The lowest BCUT2D eigenvalue weighted by Gasteiger charge is -2.33. The van der Waals surface area contributed by atoms with E-state index in [1.54, 1.807) is 19.2 Å². The second kappa shape index (κ2) is 8.47. The number of likely N-dealkylation sites (tertiary alicyclic amines) is 1. The summed E-state index contributed by atoms with van der Waals surface area (Å²) in [7, 11) is 1.73. The van der Waals surface area contributed by atoms with E-state index in [4.69, 9.17) is 4.74 Å². The fourth-order valence-corrected chi connectivity index (χ4v) is 3.02. The van der Waals surface area contributed by atoms with Gasteiger partial charge in [-0.2, -0.15) is 0 Å². The molecule has 0 aliphatic carbocycles. The predicted molar refractivity (Wildman–Crippen MR) is 83.9 cm³/mol. The van der Waals surface area contributed by atoms with Crippen molar-refractivity contribution in [3.8, 4) is 0 Å². The summed E-state index contributed by atoms with van der Waals surface area (Å²) in [5.74, 6) is 0.562. The van der Waals surface area contributed by atoms with E-state index in [0.29, 0.717) is 5.92 Å². The summed E-state index contributed by atoms with van der Waals surface area (Å²) in [5.41, 5.74) is 2.29. The molecule has 118 valence electrons. The van der Waals surface area contributed by atoms with Crippen LogP contribution in [0.5, 0.6) is 0 Å². The fourth-order valence-electron chi connectivity index (χ4n) is 3.02. The number of hydrogen-bond donors (Lipinski definition) is 1. The van der Waals surface area contributed by atoms with Crippen LogP contribution in [0.4, 0.5) is 4.39 Å². The van der Waals surface area contributed by atoms with Crippen molar-refractivity contribution in [3.63, 3.8) is 0 Å². The first kappa shape index (κ1) is 16.4. The molecule has 1 aliphatic rings. The predicted octanol–water partition coefficient (Wildman–Crippen LogP) is 2.58. The molecule has 21 heavy (non-hydrogen) atoms. The van der Waals surface area contributed by atoms with Crippen LogP contribution in [-0.4, -0.2) is 44.8 Å². The molecule has 2 rings (SSSR count). The number of hydrogen-bond acceptors (Lipinski definition) is 3. The van der Waals surface area contributed by atoms with E-state index in [0.717, 1.165) is 44.9 Å². The highest BCUT2D eigenvalue weighted by Gasteiger charge is 2.20. The number of aryl methyl sites for hydroxylation is 1. The summed E-state index contributed by atoms with van der Waals surface area (Å²) in [4.78, 5) is 2.49. The van der Waals surface area contributed by atoms with Gasteiger partial charge in [-0.1, -0.05) is 6.07 Å². The highest BCUT2D eigenvalue weighted by Crippen LogP contribution is 2.20. The van der Waals surface area contributed by atoms with Gasteiger partial charge in [-0.25, -0.2) is 4.39 Å². The van der Waals surface area contributed by atoms with E-state index < -0.39 is 0 Å². The third kappa shape index (κ3) is 5.38. The SMILES string of the molecule is COCCNCC1CCCN(Cc2ccc(F)cc2C)C1. The number of halogens is 1. The molecule has 0 aromatic heterocycles. The minimum atomic E-state index is -0.143. The molecule has 1 unspecified atom stereocenters. The van der Waals surface area contributed by atoms with Crippen molar-refractivity contribution in [2.24, 2.45) is 5.92 Å². The first-order valence-corrected chi connectivity index (χ1v) is 7.86. The zero-order valence-corrected chi connectivity index (χ0v) is 13.2. The molecular formula is C17H27FN2O. The number of methoxy groups -OCH3 is 1. The van der Waals surface area contributed by atoms with Gasteiger partial charge >= 0.3 is 0 Å². The molecule has 3 nitrogen and oxygen atoms in total. The lowest BCUT2D eigenvalue weighted by atomic mass is 9.97. The molecule has 0 spiro atoms. The topological polar surface area (TPSA) is 24.5 Å². The number of nitrogens with zero attached hydrogens (tertiary/aromatic N) is 1. The van der Waals surface area contributed by atoms with E-state index in [9.17, 15) is 4.39 Å². The molecule has 1 aromatic rings. The molecule has 0 bridgehead atoms.